The summed E-state index contributed by atoms with van der Waals surface area (Å²) >= 11 is 0. The van der Waals surface area contributed by atoms with Crippen LogP contribution < -0.4 is 0 Å². The molecule has 0 aliphatic rings. The van der Waals surface area contributed by atoms with E-state index in [9.17, 15) is 4.21 Å². The number of imidazole rings is 1. The molecule has 0 radical (unpaired) electrons. The number of rotatable bonds is 5. The zero-order valence-electron chi connectivity index (χ0n) is 14.7. The Hall–Kier alpha value is -3.18. The van der Waals surface area contributed by atoms with E-state index in [1.165, 1.54) is 0 Å². The van der Waals surface area contributed by atoms with Crippen molar-refractivity contribution in [3.63, 3.8) is 0 Å². The van der Waals surface area contributed by atoms with Crippen LogP contribution in [-0.2, 0) is 15.5 Å². The molecule has 1 aromatic heterocycles. The molecule has 1 unspecified atom stereocenters. The molecule has 1 N–H and O–H groups in total. The number of nitrogens with one attached hydrogen (secondary N) is 1. The summed E-state index contributed by atoms with van der Waals surface area (Å²) in [6.45, 7) is 0. The molecule has 3 aromatic carbocycles. The molecule has 4 rings (SSSR count). The van der Waals surface area contributed by atoms with Gasteiger partial charge in [-0.25, -0.2) is 14.0 Å². The maximum absolute atomic E-state index is 13.0. The van der Waals surface area contributed by atoms with E-state index in [-0.39, 0.29) is 5.75 Å². The number of nitrogens with zero attached hydrogens (tertiary/aromatic N) is 2. The first-order valence-electron chi connectivity index (χ1n) is 8.64. The zero-order chi connectivity index (χ0) is 18.7. The summed E-state index contributed by atoms with van der Waals surface area (Å²) in [5, 5.41) is 0. The lowest BCUT2D eigenvalue weighted by Crippen LogP contribution is -2.03. The summed E-state index contributed by atoms with van der Waals surface area (Å²) in [6, 6.07) is 28.8. The van der Waals surface area contributed by atoms with Gasteiger partial charge in [0.1, 0.15) is 5.82 Å². The van der Waals surface area contributed by atoms with Gasteiger partial charge in [-0.05, 0) is 24.3 Å². The summed E-state index contributed by atoms with van der Waals surface area (Å²) in [7, 11) is -2.96. The van der Waals surface area contributed by atoms with Crippen LogP contribution in [-0.4, -0.2) is 13.8 Å². The van der Waals surface area contributed by atoms with Crippen LogP contribution >= 0.6 is 0 Å². The fourth-order valence-electron chi connectivity index (χ4n) is 3.01. The van der Waals surface area contributed by atoms with Crippen molar-refractivity contribution in [3.05, 3.63) is 103 Å². The summed E-state index contributed by atoms with van der Waals surface area (Å²) < 4.78 is 23.3. The second-order valence-corrected chi connectivity index (χ2v) is 8.37. The van der Waals surface area contributed by atoms with Crippen LogP contribution in [0.2, 0.25) is 0 Å². The highest BCUT2D eigenvalue weighted by Crippen LogP contribution is 2.25. The van der Waals surface area contributed by atoms with Gasteiger partial charge in [0.25, 0.3) is 0 Å². The quantitative estimate of drug-likeness (QED) is 0.526. The maximum Gasteiger partial charge on any atom is 0.144 e. The van der Waals surface area contributed by atoms with Gasteiger partial charge in [0.15, 0.2) is 0 Å². The molecule has 0 saturated heterocycles. The molecule has 4 nitrogen and oxygen atoms in total. The van der Waals surface area contributed by atoms with Crippen molar-refractivity contribution in [2.75, 3.05) is 0 Å². The minimum Gasteiger partial charge on any atom is -0.299 e. The fraction of sp³-hybridized carbons (Fsp3) is 0.0455. The molecule has 0 aliphatic carbocycles. The van der Waals surface area contributed by atoms with E-state index < -0.39 is 9.73 Å². The van der Waals surface area contributed by atoms with E-state index >= 15 is 0 Å². The van der Waals surface area contributed by atoms with Gasteiger partial charge in [0, 0.05) is 22.3 Å². The Bertz CT molecular complexity index is 1080. The van der Waals surface area contributed by atoms with Crippen molar-refractivity contribution in [1.29, 1.82) is 4.78 Å². The average molecular weight is 373 g/mol. The second-order valence-electron chi connectivity index (χ2n) is 6.26. The van der Waals surface area contributed by atoms with E-state index in [0.29, 0.717) is 10.6 Å². The smallest absolute Gasteiger partial charge is 0.144 e. The van der Waals surface area contributed by atoms with E-state index in [1.54, 1.807) is 12.1 Å². The molecule has 0 amide bonds. The van der Waals surface area contributed by atoms with Crippen LogP contribution in [0.5, 0.6) is 0 Å². The minimum atomic E-state index is -2.96. The third-order valence-corrected chi connectivity index (χ3v) is 6.03. The molecule has 0 bridgehead atoms. The molecule has 134 valence electrons. The molecule has 0 aliphatic heterocycles. The number of hydrogen-bond donors (Lipinski definition) is 1. The number of para-hydroxylation sites is 1. The first-order valence-corrected chi connectivity index (χ1v) is 10.4. The van der Waals surface area contributed by atoms with Crippen molar-refractivity contribution in [2.24, 2.45) is 0 Å². The first-order chi connectivity index (χ1) is 13.1. The predicted octanol–water partition coefficient (Wildman–Crippen LogP) is 5.15. The SMILES string of the molecule is N=S(=O)(Cc1cn(-c2ccccc2)c(-c2ccccc2)n1)c1ccccc1. The van der Waals surface area contributed by atoms with Gasteiger partial charge in [-0.2, -0.15) is 0 Å². The van der Waals surface area contributed by atoms with Crippen LogP contribution in [0.4, 0.5) is 0 Å². The van der Waals surface area contributed by atoms with Crippen LogP contribution in [0.25, 0.3) is 17.1 Å². The molecular weight excluding hydrogens is 354 g/mol. The normalized spacial score (nSPS) is 13.2. The van der Waals surface area contributed by atoms with Crippen molar-refractivity contribution >= 4 is 9.73 Å². The van der Waals surface area contributed by atoms with E-state index in [2.05, 4.69) is 0 Å². The molecule has 5 heteroatoms. The summed E-state index contributed by atoms with van der Waals surface area (Å²) in [4.78, 5) is 5.26. The molecule has 4 aromatic rings. The van der Waals surface area contributed by atoms with Crippen molar-refractivity contribution in [1.82, 2.24) is 9.55 Å². The second kappa shape index (κ2) is 7.21. The lowest BCUT2D eigenvalue weighted by molar-refractivity contribution is 0.673. The van der Waals surface area contributed by atoms with Gasteiger partial charge in [-0.1, -0.05) is 66.7 Å². The molecule has 1 heterocycles. The lowest BCUT2D eigenvalue weighted by Gasteiger charge is -2.07. The van der Waals surface area contributed by atoms with Crippen LogP contribution in [0.15, 0.2) is 102 Å². The standard InChI is InChI=1S/C22H19N3OS/c23-27(26,21-14-8-3-9-15-21)17-19-16-25(20-12-6-2-7-13-20)22(24-19)18-10-4-1-5-11-18/h1-16,23H,17H2. The topological polar surface area (TPSA) is 58.7 Å². The fourth-order valence-corrected chi connectivity index (χ4v) is 4.33. The first kappa shape index (κ1) is 17.2. The number of aromatic nitrogens is 2. The zero-order valence-corrected chi connectivity index (χ0v) is 15.5. The minimum absolute atomic E-state index is 0.0800. The third-order valence-electron chi connectivity index (χ3n) is 4.30. The van der Waals surface area contributed by atoms with Crippen LogP contribution in [0.3, 0.4) is 0 Å². The molecule has 0 fully saturated rings. The van der Waals surface area contributed by atoms with Crippen molar-refractivity contribution in [2.45, 2.75) is 10.6 Å². The third kappa shape index (κ3) is 3.68. The Balaban J connectivity index is 1.78. The predicted molar refractivity (Wildman–Crippen MR) is 108 cm³/mol. The van der Waals surface area contributed by atoms with Crippen molar-refractivity contribution in [3.8, 4) is 17.1 Å². The van der Waals surface area contributed by atoms with Crippen LogP contribution in [0, 0.1) is 4.78 Å². The van der Waals surface area contributed by atoms with Gasteiger partial charge in [0.2, 0.25) is 0 Å². The molecule has 27 heavy (non-hydrogen) atoms. The van der Waals surface area contributed by atoms with Gasteiger partial charge < -0.3 is 0 Å². The Morgan fingerprint density at radius 3 is 2.00 bits per heavy atom. The highest BCUT2D eigenvalue weighted by atomic mass is 32.2. The van der Waals surface area contributed by atoms with Gasteiger partial charge in [-0.15, -0.1) is 0 Å². The molecule has 0 spiro atoms. The summed E-state index contributed by atoms with van der Waals surface area (Å²) in [5.41, 5.74) is 2.59. The van der Waals surface area contributed by atoms with Gasteiger partial charge in [-0.3, -0.25) is 4.57 Å². The monoisotopic (exact) mass is 373 g/mol. The van der Waals surface area contributed by atoms with Gasteiger partial charge >= 0.3 is 0 Å². The van der Waals surface area contributed by atoms with Gasteiger partial charge in [0.05, 0.1) is 21.2 Å². The molecule has 1 atom stereocenters. The Morgan fingerprint density at radius 2 is 1.37 bits per heavy atom. The highest BCUT2D eigenvalue weighted by Gasteiger charge is 2.17. The molecule has 0 saturated carbocycles. The van der Waals surface area contributed by atoms with Crippen LogP contribution in [0.1, 0.15) is 5.69 Å². The Labute approximate surface area is 159 Å². The van der Waals surface area contributed by atoms with Crippen molar-refractivity contribution < 1.29 is 4.21 Å². The highest BCUT2D eigenvalue weighted by molar-refractivity contribution is 7.91. The molecular formula is C22H19N3OS. The van der Waals surface area contributed by atoms with E-state index in [1.807, 2.05) is 89.6 Å². The Kier molecular flexibility index (Phi) is 4.60. The summed E-state index contributed by atoms with van der Waals surface area (Å²) in [5.74, 6) is 0.858. The average Bonchev–Trinajstić information content (AvgIpc) is 3.13. The Morgan fingerprint density at radius 1 is 0.815 bits per heavy atom. The number of benzene rings is 3. The largest absolute Gasteiger partial charge is 0.299 e. The summed E-state index contributed by atoms with van der Waals surface area (Å²) in [6.07, 6.45) is 1.88. The van der Waals surface area contributed by atoms with E-state index in [4.69, 9.17) is 9.76 Å². The van der Waals surface area contributed by atoms with E-state index in [0.717, 1.165) is 17.1 Å². The maximum atomic E-state index is 13.0. The lowest BCUT2D eigenvalue weighted by atomic mass is 10.2. The number of hydrogen-bond acceptors (Lipinski definition) is 3.